The van der Waals surface area contributed by atoms with E-state index < -0.39 is 0 Å². The molecule has 318 valence electrons. The predicted octanol–water partition coefficient (Wildman–Crippen LogP) is 9.48. The van der Waals surface area contributed by atoms with E-state index in [1.807, 2.05) is 0 Å². The van der Waals surface area contributed by atoms with Crippen LogP contribution >= 0.6 is 0 Å². The van der Waals surface area contributed by atoms with Crippen LogP contribution in [0.2, 0.25) is 0 Å². The standard InChI is InChI=1S/C51H66O8/c1-50(2,3)44-30-36-26-40-22-34-10-8-7-9-11-35-23-41(27-37(31-44)46(36)52)49-43(25-35)29-39-33-45(51(4,5)6)32-38(47(39)53)28-42(24-34)48(40)58-20-18-56-16-14-54-12-13-55-15-17-57-19-21-59-49/h22-25,30-33,52-53H,7-21,26-29H2,1-6H3. The molecule has 1 heterocycles. The van der Waals surface area contributed by atoms with Crippen molar-refractivity contribution in [3.63, 3.8) is 0 Å². The van der Waals surface area contributed by atoms with Crippen molar-refractivity contribution in [2.24, 2.45) is 0 Å². The Morgan fingerprint density at radius 3 is 0.949 bits per heavy atom. The van der Waals surface area contributed by atoms with Crippen molar-refractivity contribution in [1.29, 1.82) is 0 Å². The van der Waals surface area contributed by atoms with Crippen LogP contribution in [0.15, 0.2) is 48.5 Å². The SMILES string of the molecule is CC(C)(C)c1cc2c(O)c(c1)Cc1cc3cc4c1OCCOCCOCCOCCOCCOc1c(cc(cc1Cc1cc(C(C)(C)C)cc(c1O)C4)CCCCC3)C2. The molecule has 0 unspecified atom stereocenters. The van der Waals surface area contributed by atoms with Crippen LogP contribution in [0.3, 0.4) is 0 Å². The van der Waals surface area contributed by atoms with Gasteiger partial charge in [0.05, 0.1) is 52.9 Å². The Bertz CT molecular complexity index is 1830. The second kappa shape index (κ2) is 19.1. The zero-order chi connectivity index (χ0) is 41.6. The van der Waals surface area contributed by atoms with Gasteiger partial charge >= 0.3 is 0 Å². The molecule has 59 heavy (non-hydrogen) atoms. The van der Waals surface area contributed by atoms with Gasteiger partial charge in [-0.25, -0.2) is 0 Å². The molecule has 8 heteroatoms. The molecular weight excluding hydrogens is 741 g/mol. The molecule has 12 bridgehead atoms. The van der Waals surface area contributed by atoms with Crippen molar-refractivity contribution >= 4 is 0 Å². The topological polar surface area (TPSA) is 95.8 Å². The number of phenols is 2. The number of hydrogen-bond donors (Lipinski definition) is 2. The molecule has 0 fully saturated rings. The maximum absolute atomic E-state index is 12.4. The summed E-state index contributed by atoms with van der Waals surface area (Å²) in [6.07, 6.45) is 7.04. The lowest BCUT2D eigenvalue weighted by Gasteiger charge is -2.26. The van der Waals surface area contributed by atoms with Crippen LogP contribution in [0.25, 0.3) is 0 Å². The number of ether oxygens (including phenoxy) is 6. The summed E-state index contributed by atoms with van der Waals surface area (Å²) in [5.74, 6) is 2.20. The summed E-state index contributed by atoms with van der Waals surface area (Å²) in [7, 11) is 0. The molecule has 0 spiro atoms. The Morgan fingerprint density at radius 2 is 0.661 bits per heavy atom. The summed E-state index contributed by atoms with van der Waals surface area (Å²) in [4.78, 5) is 0. The second-order valence-electron chi connectivity index (χ2n) is 18.7. The lowest BCUT2D eigenvalue weighted by molar-refractivity contribution is -0.00706. The summed E-state index contributed by atoms with van der Waals surface area (Å²) in [6, 6.07) is 17.9. The first-order valence-electron chi connectivity index (χ1n) is 21.9. The van der Waals surface area contributed by atoms with Gasteiger partial charge in [0.1, 0.15) is 36.2 Å². The zero-order valence-electron chi connectivity index (χ0n) is 36.4. The Morgan fingerprint density at radius 1 is 0.373 bits per heavy atom. The highest BCUT2D eigenvalue weighted by Gasteiger charge is 2.26. The van der Waals surface area contributed by atoms with Crippen LogP contribution in [-0.4, -0.2) is 76.3 Å². The molecule has 0 saturated carbocycles. The highest BCUT2D eigenvalue weighted by atomic mass is 16.6. The fraction of sp³-hybridized carbons (Fsp3) is 0.529. The molecule has 4 aromatic carbocycles. The van der Waals surface area contributed by atoms with Crippen molar-refractivity contribution in [2.45, 2.75) is 110 Å². The fourth-order valence-electron chi connectivity index (χ4n) is 8.59. The molecule has 8 nitrogen and oxygen atoms in total. The zero-order valence-corrected chi connectivity index (χ0v) is 36.4. The Balaban J connectivity index is 1.49. The van der Waals surface area contributed by atoms with E-state index in [-0.39, 0.29) is 10.8 Å². The van der Waals surface area contributed by atoms with Gasteiger partial charge in [0.25, 0.3) is 0 Å². The number of fused-ring (bicyclic) bond motifs is 4. The van der Waals surface area contributed by atoms with Gasteiger partial charge < -0.3 is 38.6 Å². The minimum atomic E-state index is -0.161. The lowest BCUT2D eigenvalue weighted by atomic mass is 9.81. The smallest absolute Gasteiger partial charge is 0.126 e. The van der Waals surface area contributed by atoms with E-state index >= 15 is 0 Å². The number of hydrogen-bond acceptors (Lipinski definition) is 8. The minimum Gasteiger partial charge on any atom is -0.507 e. The van der Waals surface area contributed by atoms with Crippen molar-refractivity contribution in [2.75, 3.05) is 66.1 Å². The quantitative estimate of drug-likeness (QED) is 0.160. The van der Waals surface area contributed by atoms with E-state index in [1.54, 1.807) is 0 Å². The first kappa shape index (κ1) is 43.0. The maximum atomic E-state index is 12.4. The number of rotatable bonds is 0. The average molecular weight is 807 g/mol. The number of aryl methyl sites for hydroxylation is 2. The molecule has 0 amide bonds. The second-order valence-corrected chi connectivity index (χ2v) is 18.7. The monoisotopic (exact) mass is 806 g/mol. The Hall–Kier alpha value is -4.08. The maximum Gasteiger partial charge on any atom is 0.126 e. The Labute approximate surface area is 352 Å². The van der Waals surface area contributed by atoms with Crippen LogP contribution in [0, 0.1) is 0 Å². The van der Waals surface area contributed by atoms with E-state index in [1.165, 1.54) is 22.3 Å². The third-order valence-electron chi connectivity index (χ3n) is 11.9. The van der Waals surface area contributed by atoms with Gasteiger partial charge in [-0.05, 0) is 103 Å². The molecule has 8 rings (SSSR count). The lowest BCUT2D eigenvalue weighted by Crippen LogP contribution is -2.15. The van der Waals surface area contributed by atoms with Crippen LogP contribution < -0.4 is 9.47 Å². The van der Waals surface area contributed by atoms with Gasteiger partial charge in [0, 0.05) is 25.7 Å². The summed E-state index contributed by atoms with van der Waals surface area (Å²) < 4.78 is 37.1. The van der Waals surface area contributed by atoms with E-state index in [4.69, 9.17) is 28.4 Å². The van der Waals surface area contributed by atoms with E-state index in [0.717, 1.165) is 88.1 Å². The molecule has 0 radical (unpaired) electrons. The summed E-state index contributed by atoms with van der Waals surface area (Å²) in [6.45, 7) is 17.7. The van der Waals surface area contributed by atoms with Crippen LogP contribution in [-0.2, 0) is 68.3 Å². The highest BCUT2D eigenvalue weighted by molar-refractivity contribution is 5.59. The minimum absolute atomic E-state index is 0.161. The van der Waals surface area contributed by atoms with Gasteiger partial charge in [0.15, 0.2) is 0 Å². The molecular formula is C51H66O8. The van der Waals surface area contributed by atoms with Gasteiger partial charge in [-0.1, -0.05) is 96.5 Å². The fourth-order valence-corrected chi connectivity index (χ4v) is 8.59. The van der Waals surface area contributed by atoms with Crippen molar-refractivity contribution in [3.8, 4) is 23.0 Å². The van der Waals surface area contributed by atoms with Crippen molar-refractivity contribution in [1.82, 2.24) is 0 Å². The normalized spacial score (nSPS) is 17.9. The average Bonchev–Trinajstić information content (AvgIpc) is 3.17. The van der Waals surface area contributed by atoms with E-state index in [0.29, 0.717) is 103 Å². The molecule has 0 saturated heterocycles. The number of phenolic OH excluding ortho intramolecular Hbond substituents is 2. The van der Waals surface area contributed by atoms with E-state index in [9.17, 15) is 10.2 Å². The summed E-state index contributed by atoms with van der Waals surface area (Å²) in [5.41, 5.74) is 12.1. The van der Waals surface area contributed by atoms with Gasteiger partial charge in [-0.15, -0.1) is 0 Å². The Kier molecular flexibility index (Phi) is 13.9. The highest BCUT2D eigenvalue weighted by Crippen LogP contribution is 2.42. The molecule has 4 aliphatic rings. The number of aromatic hydroxyl groups is 2. The molecule has 3 aliphatic carbocycles. The summed E-state index contributed by atoms with van der Waals surface area (Å²) in [5, 5.41) is 24.7. The molecule has 2 N–H and O–H groups in total. The third-order valence-corrected chi connectivity index (χ3v) is 11.9. The van der Waals surface area contributed by atoms with E-state index in [2.05, 4.69) is 90.1 Å². The first-order valence-corrected chi connectivity index (χ1v) is 21.9. The molecule has 4 aromatic rings. The van der Waals surface area contributed by atoms with Crippen molar-refractivity contribution in [3.05, 3.63) is 115 Å². The van der Waals surface area contributed by atoms with Crippen LogP contribution in [0.1, 0.15) is 128 Å². The van der Waals surface area contributed by atoms with Gasteiger partial charge in [-0.3, -0.25) is 0 Å². The predicted molar refractivity (Wildman–Crippen MR) is 233 cm³/mol. The molecule has 0 aromatic heterocycles. The van der Waals surface area contributed by atoms with Gasteiger partial charge in [0.2, 0.25) is 0 Å². The van der Waals surface area contributed by atoms with Gasteiger partial charge in [-0.2, -0.15) is 0 Å². The molecule has 1 aliphatic heterocycles. The van der Waals surface area contributed by atoms with Crippen molar-refractivity contribution < 1.29 is 38.6 Å². The third kappa shape index (κ3) is 11.0. The van der Waals surface area contributed by atoms with Crippen LogP contribution in [0.4, 0.5) is 0 Å². The first-order chi connectivity index (χ1) is 28.3. The number of benzene rings is 4. The summed E-state index contributed by atoms with van der Waals surface area (Å²) >= 11 is 0. The molecule has 0 atom stereocenters. The van der Waals surface area contributed by atoms with Crippen LogP contribution in [0.5, 0.6) is 23.0 Å². The largest absolute Gasteiger partial charge is 0.507 e.